The molecule has 1 aromatic heterocycles. The molecule has 0 spiro atoms. The molecule has 1 N–H and O–H groups in total. The van der Waals surface area contributed by atoms with Crippen molar-refractivity contribution >= 4 is 22.6 Å². The number of hydrogen-bond donors (Lipinski definition) is 1. The zero-order valence-electron chi connectivity index (χ0n) is 19.2. The Morgan fingerprint density at radius 2 is 1.76 bits per heavy atom. The minimum Gasteiger partial charge on any atom is -0.315 e. The lowest BCUT2D eigenvalue weighted by Crippen LogP contribution is -2.40. The molecule has 0 fully saturated rings. The molecule has 1 atom stereocenters. The van der Waals surface area contributed by atoms with E-state index in [4.69, 9.17) is 4.98 Å². The average molecular weight is 441 g/mol. The molecular formula is C27H28N4O2. The van der Waals surface area contributed by atoms with E-state index in [1.165, 1.54) is 0 Å². The SMILES string of the molecule is CCN(C(=O)Nc1cccc(C)c1)C(C)c1nc2ccccc2c(=O)n1Cc1ccccc1. The summed E-state index contributed by atoms with van der Waals surface area (Å²) in [6.07, 6.45) is 0. The molecule has 0 saturated heterocycles. The number of para-hydroxylation sites is 1. The van der Waals surface area contributed by atoms with Crippen LogP contribution in [0.5, 0.6) is 0 Å². The van der Waals surface area contributed by atoms with Gasteiger partial charge in [0, 0.05) is 12.2 Å². The van der Waals surface area contributed by atoms with Crippen LogP contribution in [0.3, 0.4) is 0 Å². The summed E-state index contributed by atoms with van der Waals surface area (Å²) in [4.78, 5) is 33.2. The maximum absolute atomic E-state index is 13.5. The van der Waals surface area contributed by atoms with E-state index in [9.17, 15) is 9.59 Å². The number of anilines is 1. The van der Waals surface area contributed by atoms with Gasteiger partial charge >= 0.3 is 6.03 Å². The van der Waals surface area contributed by atoms with Crippen LogP contribution in [0.15, 0.2) is 83.7 Å². The van der Waals surface area contributed by atoms with Gasteiger partial charge < -0.3 is 10.2 Å². The minimum atomic E-state index is -0.416. The number of nitrogens with zero attached hydrogens (tertiary/aromatic N) is 3. The van der Waals surface area contributed by atoms with Gasteiger partial charge in [0.15, 0.2) is 0 Å². The van der Waals surface area contributed by atoms with Gasteiger partial charge in [-0.15, -0.1) is 0 Å². The van der Waals surface area contributed by atoms with E-state index in [1.807, 2.05) is 93.6 Å². The standard InChI is InChI=1S/C27H28N4O2/c1-4-30(27(33)28-22-14-10-11-19(2)17-22)20(3)25-29-24-16-9-8-15-23(24)26(32)31(25)18-21-12-6-5-7-13-21/h5-17,20H,4,18H2,1-3H3,(H,28,33). The first kappa shape index (κ1) is 22.3. The van der Waals surface area contributed by atoms with Gasteiger partial charge in [-0.1, -0.05) is 54.6 Å². The summed E-state index contributed by atoms with van der Waals surface area (Å²) in [5.74, 6) is 0.559. The Balaban J connectivity index is 1.75. The molecule has 0 aliphatic rings. The van der Waals surface area contributed by atoms with Gasteiger partial charge in [-0.2, -0.15) is 0 Å². The molecule has 2 amide bonds. The van der Waals surface area contributed by atoms with Crippen LogP contribution in [0.4, 0.5) is 10.5 Å². The second-order valence-electron chi connectivity index (χ2n) is 8.13. The lowest BCUT2D eigenvalue weighted by Gasteiger charge is -2.29. The zero-order valence-corrected chi connectivity index (χ0v) is 19.2. The van der Waals surface area contributed by atoms with Crippen LogP contribution < -0.4 is 10.9 Å². The Bertz CT molecular complexity index is 1330. The Labute approximate surface area is 193 Å². The minimum absolute atomic E-state index is 0.110. The molecule has 4 rings (SSSR count). The quantitative estimate of drug-likeness (QED) is 0.438. The first-order valence-corrected chi connectivity index (χ1v) is 11.2. The van der Waals surface area contributed by atoms with Crippen molar-refractivity contribution in [2.75, 3.05) is 11.9 Å². The molecule has 6 nitrogen and oxygen atoms in total. The lowest BCUT2D eigenvalue weighted by molar-refractivity contribution is 0.192. The fourth-order valence-corrected chi connectivity index (χ4v) is 4.07. The van der Waals surface area contributed by atoms with Crippen molar-refractivity contribution in [1.29, 1.82) is 0 Å². The van der Waals surface area contributed by atoms with Gasteiger partial charge in [-0.25, -0.2) is 9.78 Å². The number of amides is 2. The van der Waals surface area contributed by atoms with Crippen molar-refractivity contribution in [1.82, 2.24) is 14.5 Å². The fourth-order valence-electron chi connectivity index (χ4n) is 4.07. The van der Waals surface area contributed by atoms with Gasteiger partial charge in [0.1, 0.15) is 5.82 Å². The molecular weight excluding hydrogens is 412 g/mol. The van der Waals surface area contributed by atoms with E-state index in [0.717, 1.165) is 16.8 Å². The Morgan fingerprint density at radius 3 is 2.48 bits per heavy atom. The van der Waals surface area contributed by atoms with Crippen LogP contribution in [0.2, 0.25) is 0 Å². The highest BCUT2D eigenvalue weighted by atomic mass is 16.2. The summed E-state index contributed by atoms with van der Waals surface area (Å²) in [5, 5.41) is 3.54. The highest BCUT2D eigenvalue weighted by molar-refractivity contribution is 5.89. The van der Waals surface area contributed by atoms with E-state index >= 15 is 0 Å². The second-order valence-corrected chi connectivity index (χ2v) is 8.13. The molecule has 6 heteroatoms. The Hall–Kier alpha value is -3.93. The fraction of sp³-hybridized carbons (Fsp3) is 0.222. The molecule has 1 heterocycles. The number of aromatic nitrogens is 2. The maximum atomic E-state index is 13.5. The zero-order chi connectivity index (χ0) is 23.4. The predicted octanol–water partition coefficient (Wildman–Crippen LogP) is 5.37. The van der Waals surface area contributed by atoms with Crippen molar-refractivity contribution in [2.24, 2.45) is 0 Å². The lowest BCUT2D eigenvalue weighted by atomic mass is 10.1. The van der Waals surface area contributed by atoms with Crippen LogP contribution in [0.25, 0.3) is 10.9 Å². The van der Waals surface area contributed by atoms with Crippen molar-refractivity contribution in [3.05, 3.63) is 106 Å². The number of aryl methyl sites for hydroxylation is 1. The van der Waals surface area contributed by atoms with Crippen LogP contribution in [-0.4, -0.2) is 27.0 Å². The van der Waals surface area contributed by atoms with Gasteiger partial charge in [0.05, 0.1) is 23.5 Å². The molecule has 0 radical (unpaired) electrons. The molecule has 4 aromatic rings. The van der Waals surface area contributed by atoms with E-state index in [1.54, 1.807) is 15.5 Å². The summed E-state index contributed by atoms with van der Waals surface area (Å²) < 4.78 is 1.69. The number of urea groups is 1. The largest absolute Gasteiger partial charge is 0.322 e. The second kappa shape index (κ2) is 9.69. The normalized spacial score (nSPS) is 11.8. The third-order valence-corrected chi connectivity index (χ3v) is 5.79. The van der Waals surface area contributed by atoms with Crippen molar-refractivity contribution in [3.8, 4) is 0 Å². The van der Waals surface area contributed by atoms with E-state index in [0.29, 0.717) is 29.8 Å². The topological polar surface area (TPSA) is 67.2 Å². The van der Waals surface area contributed by atoms with Gasteiger partial charge in [0.2, 0.25) is 0 Å². The number of carbonyl (C=O) groups is 1. The first-order chi connectivity index (χ1) is 16.0. The molecule has 3 aromatic carbocycles. The molecule has 1 unspecified atom stereocenters. The molecule has 0 aliphatic heterocycles. The van der Waals surface area contributed by atoms with E-state index < -0.39 is 6.04 Å². The summed E-state index contributed by atoms with van der Waals surface area (Å²) in [6.45, 7) is 6.67. The van der Waals surface area contributed by atoms with E-state index in [2.05, 4.69) is 5.32 Å². The maximum Gasteiger partial charge on any atom is 0.322 e. The van der Waals surface area contributed by atoms with Crippen LogP contribution in [-0.2, 0) is 6.54 Å². The predicted molar refractivity (Wildman–Crippen MR) is 133 cm³/mol. The Morgan fingerprint density at radius 1 is 1.03 bits per heavy atom. The summed E-state index contributed by atoms with van der Waals surface area (Å²) in [6, 6.07) is 24.2. The van der Waals surface area contributed by atoms with Gasteiger partial charge in [0.25, 0.3) is 5.56 Å². The number of carbonyl (C=O) groups excluding carboxylic acids is 1. The van der Waals surface area contributed by atoms with Crippen LogP contribution >= 0.6 is 0 Å². The number of fused-ring (bicyclic) bond motifs is 1. The molecule has 33 heavy (non-hydrogen) atoms. The molecule has 0 saturated carbocycles. The monoisotopic (exact) mass is 440 g/mol. The van der Waals surface area contributed by atoms with Crippen LogP contribution in [0, 0.1) is 6.92 Å². The highest BCUT2D eigenvalue weighted by Gasteiger charge is 2.25. The van der Waals surface area contributed by atoms with Gasteiger partial charge in [-0.3, -0.25) is 9.36 Å². The smallest absolute Gasteiger partial charge is 0.315 e. The third kappa shape index (κ3) is 4.80. The summed E-state index contributed by atoms with van der Waals surface area (Å²) in [5.41, 5.74) is 3.32. The Kier molecular flexibility index (Phi) is 6.54. The van der Waals surface area contributed by atoms with Crippen molar-refractivity contribution < 1.29 is 4.79 Å². The summed E-state index contributed by atoms with van der Waals surface area (Å²) >= 11 is 0. The highest BCUT2D eigenvalue weighted by Crippen LogP contribution is 2.22. The number of nitrogens with one attached hydrogen (secondary N) is 1. The number of benzene rings is 3. The van der Waals surface area contributed by atoms with Gasteiger partial charge in [-0.05, 0) is 56.2 Å². The number of rotatable bonds is 6. The molecule has 168 valence electrons. The van der Waals surface area contributed by atoms with Crippen molar-refractivity contribution in [3.63, 3.8) is 0 Å². The number of hydrogen-bond acceptors (Lipinski definition) is 3. The molecule has 0 aliphatic carbocycles. The molecule has 0 bridgehead atoms. The first-order valence-electron chi connectivity index (χ1n) is 11.2. The van der Waals surface area contributed by atoms with E-state index in [-0.39, 0.29) is 11.6 Å². The third-order valence-electron chi connectivity index (χ3n) is 5.79. The average Bonchev–Trinajstić information content (AvgIpc) is 2.82. The van der Waals surface area contributed by atoms with Crippen molar-refractivity contribution in [2.45, 2.75) is 33.4 Å². The van der Waals surface area contributed by atoms with Crippen LogP contribution in [0.1, 0.15) is 36.8 Å². The summed E-state index contributed by atoms with van der Waals surface area (Å²) in [7, 11) is 0.